The summed E-state index contributed by atoms with van der Waals surface area (Å²) < 4.78 is 7.76. The van der Waals surface area contributed by atoms with Gasteiger partial charge in [-0.25, -0.2) is 4.79 Å². The van der Waals surface area contributed by atoms with Gasteiger partial charge in [-0.1, -0.05) is 24.3 Å². The lowest BCUT2D eigenvalue weighted by atomic mass is 9.96. The molecule has 2 heterocycles. The van der Waals surface area contributed by atoms with Crippen molar-refractivity contribution in [3.05, 3.63) is 89.1 Å². The van der Waals surface area contributed by atoms with Crippen LogP contribution in [0.1, 0.15) is 33.3 Å². The number of phenolic OH excluding ortho intramolecular Hbond substituents is 1. The van der Waals surface area contributed by atoms with E-state index in [1.807, 2.05) is 87.6 Å². The number of ether oxygens (including phenoxy) is 1. The number of hydrogen-bond acceptors (Lipinski definition) is 5. The van der Waals surface area contributed by atoms with Crippen LogP contribution in [0.25, 0.3) is 10.9 Å². The van der Waals surface area contributed by atoms with E-state index in [1.54, 1.807) is 12.1 Å². The largest absolute Gasteiger partial charge is 0.508 e. The maximum atomic E-state index is 12.1. The molecule has 1 aliphatic heterocycles. The molecule has 164 valence electrons. The Morgan fingerprint density at radius 1 is 1.00 bits per heavy atom. The number of fused-ring (bicyclic) bond motifs is 2. The first kappa shape index (κ1) is 21.3. The van der Waals surface area contributed by atoms with Crippen molar-refractivity contribution in [3.63, 3.8) is 0 Å². The van der Waals surface area contributed by atoms with Gasteiger partial charge >= 0.3 is 5.97 Å². The lowest BCUT2D eigenvalue weighted by Crippen LogP contribution is -2.07. The monoisotopic (exact) mass is 429 g/mol. The van der Waals surface area contributed by atoms with Crippen LogP contribution in [-0.4, -0.2) is 29.7 Å². The molecule has 32 heavy (non-hydrogen) atoms. The topological polar surface area (TPSA) is 80.7 Å². The summed E-state index contributed by atoms with van der Waals surface area (Å²) in [6.45, 7) is 2.03. The number of carbonyl (C=O) groups excluding carboxylic acids is 1. The van der Waals surface area contributed by atoms with Crippen molar-refractivity contribution in [1.29, 1.82) is 0 Å². The lowest BCUT2D eigenvalue weighted by Gasteiger charge is -2.12. The number of rotatable bonds is 2. The van der Waals surface area contributed by atoms with Gasteiger partial charge in [-0.2, -0.15) is 0 Å². The molecule has 1 unspecified atom stereocenters. The molecule has 0 aliphatic carbocycles. The molecule has 6 heteroatoms. The van der Waals surface area contributed by atoms with Crippen molar-refractivity contribution in [1.82, 2.24) is 4.57 Å². The molecule has 1 aromatic heterocycles. The Hall–Kier alpha value is -3.93. The molecule has 0 saturated carbocycles. The third kappa shape index (κ3) is 3.64. The van der Waals surface area contributed by atoms with Crippen LogP contribution in [0.15, 0.2) is 66.7 Å². The van der Waals surface area contributed by atoms with E-state index in [1.165, 1.54) is 0 Å². The molecule has 1 aliphatic rings. The van der Waals surface area contributed by atoms with Crippen molar-refractivity contribution in [3.8, 4) is 5.75 Å². The Bertz CT molecular complexity index is 1290. The zero-order valence-electron chi connectivity index (χ0n) is 18.7. The zero-order valence-corrected chi connectivity index (χ0v) is 18.7. The second-order valence-electron chi connectivity index (χ2n) is 8.08. The van der Waals surface area contributed by atoms with E-state index in [2.05, 4.69) is 4.57 Å². The van der Waals surface area contributed by atoms with Crippen molar-refractivity contribution in [2.75, 3.05) is 24.7 Å². The van der Waals surface area contributed by atoms with Crippen LogP contribution in [0.3, 0.4) is 0 Å². The number of nitrogens with zero attached hydrogens (tertiary/aromatic N) is 2. The van der Waals surface area contributed by atoms with Gasteiger partial charge in [-0.15, -0.1) is 0 Å². The molecular weight excluding hydrogens is 402 g/mol. The van der Waals surface area contributed by atoms with E-state index < -0.39 is 6.10 Å². The van der Waals surface area contributed by atoms with Gasteiger partial charge in [-0.05, 0) is 49.4 Å². The summed E-state index contributed by atoms with van der Waals surface area (Å²) in [5, 5.41) is 9.89. The summed E-state index contributed by atoms with van der Waals surface area (Å²) in [6, 6.07) is 20.5. The molecule has 0 amide bonds. The first-order chi connectivity index (χ1) is 15.3. The van der Waals surface area contributed by atoms with Crippen molar-refractivity contribution < 1.29 is 14.6 Å². The van der Waals surface area contributed by atoms with Crippen molar-refractivity contribution in [2.24, 2.45) is 7.05 Å². The van der Waals surface area contributed by atoms with Gasteiger partial charge in [0.15, 0.2) is 6.10 Å². The molecule has 4 aromatic rings. The van der Waals surface area contributed by atoms with Crippen LogP contribution in [0.5, 0.6) is 5.75 Å². The van der Waals surface area contributed by atoms with E-state index in [-0.39, 0.29) is 5.97 Å². The average molecular weight is 430 g/mol. The van der Waals surface area contributed by atoms with E-state index >= 15 is 0 Å². The van der Waals surface area contributed by atoms with Crippen molar-refractivity contribution >= 4 is 28.2 Å². The number of nitrogen functional groups attached to an aromatic ring is 1. The molecule has 3 aromatic carbocycles. The Labute approximate surface area is 187 Å². The van der Waals surface area contributed by atoms with E-state index in [4.69, 9.17) is 15.6 Å². The molecule has 5 rings (SSSR count). The minimum absolute atomic E-state index is 0.272. The molecule has 6 nitrogen and oxygen atoms in total. The highest BCUT2D eigenvalue weighted by atomic mass is 16.5. The number of hydrogen-bond donors (Lipinski definition) is 2. The van der Waals surface area contributed by atoms with E-state index in [0.717, 1.165) is 33.4 Å². The number of nitrogens with two attached hydrogens (primary N) is 1. The fourth-order valence-corrected chi connectivity index (χ4v) is 4.10. The Morgan fingerprint density at radius 3 is 2.38 bits per heavy atom. The van der Waals surface area contributed by atoms with Gasteiger partial charge in [0.2, 0.25) is 0 Å². The van der Waals surface area contributed by atoms with Crippen LogP contribution < -0.4 is 10.6 Å². The quantitative estimate of drug-likeness (QED) is 0.354. The first-order valence-electron chi connectivity index (χ1n) is 10.4. The second-order valence-corrected chi connectivity index (χ2v) is 8.08. The highest BCUT2D eigenvalue weighted by Gasteiger charge is 2.35. The van der Waals surface area contributed by atoms with Gasteiger partial charge in [0.05, 0.1) is 11.1 Å². The maximum absolute atomic E-state index is 12.1. The lowest BCUT2D eigenvalue weighted by molar-refractivity contribution is 0.0457. The number of cyclic esters (lactones) is 1. The molecule has 0 radical (unpaired) electrons. The van der Waals surface area contributed by atoms with Crippen LogP contribution in [-0.2, 0) is 11.8 Å². The second kappa shape index (κ2) is 8.30. The van der Waals surface area contributed by atoms with Crippen molar-refractivity contribution in [2.45, 2.75) is 13.0 Å². The molecule has 0 bridgehead atoms. The number of aromatic hydroxyl groups is 1. The van der Waals surface area contributed by atoms with Gasteiger partial charge in [0.25, 0.3) is 0 Å². The van der Waals surface area contributed by atoms with Gasteiger partial charge in [0, 0.05) is 54.7 Å². The minimum Gasteiger partial charge on any atom is -0.508 e. The van der Waals surface area contributed by atoms with Crippen LogP contribution in [0.4, 0.5) is 11.4 Å². The number of esters is 1. The minimum atomic E-state index is -0.392. The fraction of sp³-hybridized carbons (Fsp3) is 0.192. The number of carbonyl (C=O) groups is 1. The van der Waals surface area contributed by atoms with Gasteiger partial charge in [-0.3, -0.25) is 0 Å². The Morgan fingerprint density at radius 2 is 1.69 bits per heavy atom. The molecule has 0 spiro atoms. The predicted molar refractivity (Wildman–Crippen MR) is 128 cm³/mol. The average Bonchev–Trinajstić information content (AvgIpc) is 3.24. The molecule has 0 fully saturated rings. The number of anilines is 2. The molecule has 1 atom stereocenters. The number of aromatic nitrogens is 1. The van der Waals surface area contributed by atoms with E-state index in [0.29, 0.717) is 17.0 Å². The number of aryl methyl sites for hydroxylation is 1. The highest BCUT2D eigenvalue weighted by molar-refractivity contribution is 5.99. The van der Waals surface area contributed by atoms with E-state index in [9.17, 15) is 4.79 Å². The molecular formula is C26H27N3O3. The third-order valence-corrected chi connectivity index (χ3v) is 5.91. The van der Waals surface area contributed by atoms with Crippen LogP contribution >= 0.6 is 0 Å². The van der Waals surface area contributed by atoms with Gasteiger partial charge in [0.1, 0.15) is 5.75 Å². The summed E-state index contributed by atoms with van der Waals surface area (Å²) in [5.41, 5.74) is 12.6. The molecule has 3 N–H and O–H groups in total. The summed E-state index contributed by atoms with van der Waals surface area (Å²) in [7, 11) is 5.93. The first-order valence-corrected chi connectivity index (χ1v) is 10.4. The Balaban J connectivity index is 0.000000207. The fourth-order valence-electron chi connectivity index (χ4n) is 4.10. The Kier molecular flexibility index (Phi) is 5.53. The number of benzene rings is 3. The zero-order chi connectivity index (χ0) is 23.0. The smallest absolute Gasteiger partial charge is 0.339 e. The molecule has 0 saturated heterocycles. The van der Waals surface area contributed by atoms with Crippen LogP contribution in [0.2, 0.25) is 0 Å². The summed E-state index contributed by atoms with van der Waals surface area (Å²) >= 11 is 0. The maximum Gasteiger partial charge on any atom is 0.339 e. The summed E-state index contributed by atoms with van der Waals surface area (Å²) in [6.07, 6.45) is -0.392. The van der Waals surface area contributed by atoms with Crippen LogP contribution in [0, 0.1) is 6.92 Å². The summed E-state index contributed by atoms with van der Waals surface area (Å²) in [4.78, 5) is 14.1. The standard InChI is InChI=1S/C18H16N2O2.C8H11NO/c1-10-15(16-13(19)8-5-9-14(16)20(10)2)17-11-6-3-4-7-12(11)18(21)22-17;1-9(2)7-3-5-8(10)6-4-7/h3-9,17H,19H2,1-2H3;3-6,10H,1-2H3. The van der Waals surface area contributed by atoms with Gasteiger partial charge < -0.3 is 25.0 Å². The highest BCUT2D eigenvalue weighted by Crippen LogP contribution is 2.42. The summed E-state index contributed by atoms with van der Waals surface area (Å²) in [5.74, 6) is 0.0390. The third-order valence-electron chi connectivity index (χ3n) is 5.91. The number of phenols is 1. The SMILES string of the molecule is CN(C)c1ccc(O)cc1.Cc1c(C2OC(=O)c3ccccc32)c2c(N)cccc2n1C. The predicted octanol–water partition coefficient (Wildman–Crippen LogP) is 4.79. The normalized spacial score (nSPS) is 14.5.